The quantitative estimate of drug-likeness (QED) is 0.858. The van der Waals surface area contributed by atoms with Crippen LogP contribution in [-0.2, 0) is 17.6 Å². The molecule has 0 unspecified atom stereocenters. The van der Waals surface area contributed by atoms with Crippen molar-refractivity contribution in [2.75, 3.05) is 13.1 Å². The Morgan fingerprint density at radius 3 is 2.76 bits per heavy atom. The van der Waals surface area contributed by atoms with Crippen LogP contribution >= 0.6 is 0 Å². The molecular formula is C17H21NO3. The number of amides is 1. The van der Waals surface area contributed by atoms with Crippen molar-refractivity contribution in [1.29, 1.82) is 0 Å². The van der Waals surface area contributed by atoms with E-state index in [-0.39, 0.29) is 24.5 Å². The molecule has 1 aromatic rings. The zero-order chi connectivity index (χ0) is 14.8. The molecule has 1 N–H and O–H groups in total. The highest BCUT2D eigenvalue weighted by Gasteiger charge is 2.24. The van der Waals surface area contributed by atoms with Gasteiger partial charge < -0.3 is 10.0 Å². The smallest absolute Gasteiger partial charge is 0.223 e. The van der Waals surface area contributed by atoms with Crippen LogP contribution in [0.4, 0.5) is 0 Å². The molecule has 1 saturated heterocycles. The van der Waals surface area contributed by atoms with Gasteiger partial charge in [0.15, 0.2) is 5.78 Å². The molecule has 21 heavy (non-hydrogen) atoms. The summed E-state index contributed by atoms with van der Waals surface area (Å²) in [6.45, 7) is 1.01. The highest BCUT2D eigenvalue weighted by atomic mass is 16.3. The standard InChI is InChI=1S/C17H21NO3/c19-15-8-9-18(11-15)17(21)7-6-16(20)14-5-4-12-2-1-3-13(12)10-14/h4-5,10,15,19H,1-3,6-9,11H2/t15-/m1/s1. The number of aliphatic hydroxyl groups excluding tert-OH is 1. The van der Waals surface area contributed by atoms with Crippen molar-refractivity contribution in [3.63, 3.8) is 0 Å². The zero-order valence-electron chi connectivity index (χ0n) is 12.2. The fourth-order valence-electron chi connectivity index (χ4n) is 3.24. The van der Waals surface area contributed by atoms with Gasteiger partial charge in [-0.05, 0) is 42.9 Å². The van der Waals surface area contributed by atoms with Crippen LogP contribution in [0, 0.1) is 0 Å². The zero-order valence-corrected chi connectivity index (χ0v) is 12.2. The SMILES string of the molecule is O=C(CCC(=O)N1CC[C@@H](O)C1)c1ccc2c(c1)CCC2. The Labute approximate surface area is 124 Å². The molecule has 0 saturated carbocycles. The topological polar surface area (TPSA) is 57.6 Å². The number of hydrogen-bond donors (Lipinski definition) is 1. The van der Waals surface area contributed by atoms with Crippen LogP contribution in [0.2, 0.25) is 0 Å². The third-order valence-electron chi connectivity index (χ3n) is 4.50. The van der Waals surface area contributed by atoms with Crippen molar-refractivity contribution in [2.45, 2.75) is 44.6 Å². The van der Waals surface area contributed by atoms with E-state index in [0.717, 1.165) is 18.4 Å². The third kappa shape index (κ3) is 3.16. The minimum absolute atomic E-state index is 0.0268. The van der Waals surface area contributed by atoms with Crippen molar-refractivity contribution < 1.29 is 14.7 Å². The highest BCUT2D eigenvalue weighted by Crippen LogP contribution is 2.23. The number of hydrogen-bond acceptors (Lipinski definition) is 3. The number of carbonyl (C=O) groups excluding carboxylic acids is 2. The van der Waals surface area contributed by atoms with Crippen LogP contribution in [0.5, 0.6) is 0 Å². The molecule has 4 nitrogen and oxygen atoms in total. The second-order valence-electron chi connectivity index (χ2n) is 6.04. The van der Waals surface area contributed by atoms with Gasteiger partial charge in [-0.1, -0.05) is 12.1 Å². The molecule has 4 heteroatoms. The summed E-state index contributed by atoms with van der Waals surface area (Å²) in [5.74, 6) is 0.0128. The van der Waals surface area contributed by atoms with Crippen molar-refractivity contribution in [1.82, 2.24) is 4.90 Å². The van der Waals surface area contributed by atoms with Gasteiger partial charge in [-0.15, -0.1) is 0 Å². The van der Waals surface area contributed by atoms with E-state index >= 15 is 0 Å². The number of aliphatic hydroxyl groups is 1. The Bertz CT molecular complexity index is 567. The Morgan fingerprint density at radius 1 is 1.19 bits per heavy atom. The van der Waals surface area contributed by atoms with E-state index in [2.05, 4.69) is 0 Å². The summed E-state index contributed by atoms with van der Waals surface area (Å²) in [6, 6.07) is 5.93. The average Bonchev–Trinajstić information content (AvgIpc) is 3.12. The van der Waals surface area contributed by atoms with Gasteiger partial charge in [0.1, 0.15) is 0 Å². The van der Waals surface area contributed by atoms with Gasteiger partial charge in [0, 0.05) is 31.5 Å². The van der Waals surface area contributed by atoms with E-state index in [1.807, 2.05) is 18.2 Å². The van der Waals surface area contributed by atoms with Gasteiger partial charge >= 0.3 is 0 Å². The lowest BCUT2D eigenvalue weighted by Crippen LogP contribution is -2.29. The van der Waals surface area contributed by atoms with Gasteiger partial charge in [0.05, 0.1) is 6.10 Å². The Balaban J connectivity index is 1.55. The number of benzene rings is 1. The van der Waals surface area contributed by atoms with Gasteiger partial charge in [-0.25, -0.2) is 0 Å². The average molecular weight is 287 g/mol. The summed E-state index contributed by atoms with van der Waals surface area (Å²) < 4.78 is 0. The molecule has 0 radical (unpaired) electrons. The van der Waals surface area contributed by atoms with Gasteiger partial charge in [0.25, 0.3) is 0 Å². The van der Waals surface area contributed by atoms with E-state index in [9.17, 15) is 14.7 Å². The maximum atomic E-state index is 12.2. The van der Waals surface area contributed by atoms with Crippen LogP contribution in [0.3, 0.4) is 0 Å². The molecule has 1 aromatic carbocycles. The van der Waals surface area contributed by atoms with E-state index in [1.54, 1.807) is 4.90 Å². The summed E-state index contributed by atoms with van der Waals surface area (Å²) in [4.78, 5) is 25.8. The fraction of sp³-hybridized carbons (Fsp3) is 0.529. The molecule has 3 rings (SSSR count). The number of carbonyl (C=O) groups is 2. The molecule has 1 aliphatic heterocycles. The Kier molecular flexibility index (Phi) is 4.06. The molecule has 1 aliphatic carbocycles. The van der Waals surface area contributed by atoms with E-state index in [0.29, 0.717) is 19.5 Å². The summed E-state index contributed by atoms with van der Waals surface area (Å²) in [5, 5.41) is 9.43. The van der Waals surface area contributed by atoms with Crippen molar-refractivity contribution >= 4 is 11.7 Å². The molecule has 0 aromatic heterocycles. The number of nitrogens with zero attached hydrogens (tertiary/aromatic N) is 1. The second kappa shape index (κ2) is 5.98. The highest BCUT2D eigenvalue weighted by molar-refractivity contribution is 5.98. The van der Waals surface area contributed by atoms with Gasteiger partial charge in [-0.3, -0.25) is 9.59 Å². The van der Waals surface area contributed by atoms with Crippen LogP contribution in [0.1, 0.15) is 47.2 Å². The number of Topliss-reactive ketones (excluding diaryl/α,β-unsaturated/α-hetero) is 1. The van der Waals surface area contributed by atoms with E-state index in [1.165, 1.54) is 17.5 Å². The number of rotatable bonds is 4. The van der Waals surface area contributed by atoms with Crippen molar-refractivity contribution in [3.8, 4) is 0 Å². The lowest BCUT2D eigenvalue weighted by molar-refractivity contribution is -0.130. The first-order valence-electron chi connectivity index (χ1n) is 7.74. The largest absolute Gasteiger partial charge is 0.391 e. The summed E-state index contributed by atoms with van der Waals surface area (Å²) >= 11 is 0. The maximum Gasteiger partial charge on any atom is 0.223 e. The van der Waals surface area contributed by atoms with Crippen molar-refractivity contribution in [2.24, 2.45) is 0 Å². The van der Waals surface area contributed by atoms with Gasteiger partial charge in [0.2, 0.25) is 5.91 Å². The molecule has 112 valence electrons. The monoisotopic (exact) mass is 287 g/mol. The summed E-state index contributed by atoms with van der Waals surface area (Å²) in [7, 11) is 0. The summed E-state index contributed by atoms with van der Waals surface area (Å²) in [5.41, 5.74) is 3.37. The van der Waals surface area contributed by atoms with E-state index in [4.69, 9.17) is 0 Å². The number of fused-ring (bicyclic) bond motifs is 1. The molecule has 1 amide bonds. The number of β-amino-alcohol motifs (C(OH)–C–C–N with tert-alkyl or cyclic N) is 1. The molecule has 1 atom stereocenters. The maximum absolute atomic E-state index is 12.2. The first kappa shape index (κ1) is 14.3. The Hall–Kier alpha value is -1.68. The van der Waals surface area contributed by atoms with Gasteiger partial charge in [-0.2, -0.15) is 0 Å². The van der Waals surface area contributed by atoms with Crippen LogP contribution in [0.15, 0.2) is 18.2 Å². The van der Waals surface area contributed by atoms with Crippen molar-refractivity contribution in [3.05, 3.63) is 34.9 Å². The minimum atomic E-state index is -0.402. The second-order valence-corrected chi connectivity index (χ2v) is 6.04. The molecule has 1 fully saturated rings. The number of likely N-dealkylation sites (tertiary alicyclic amines) is 1. The van der Waals surface area contributed by atoms with Crippen LogP contribution < -0.4 is 0 Å². The van der Waals surface area contributed by atoms with E-state index < -0.39 is 6.10 Å². The summed E-state index contributed by atoms with van der Waals surface area (Å²) in [6.07, 6.45) is 4.07. The predicted molar refractivity (Wildman–Crippen MR) is 79.2 cm³/mol. The molecule has 0 bridgehead atoms. The predicted octanol–water partition coefficient (Wildman–Crippen LogP) is 1.73. The molecule has 1 heterocycles. The minimum Gasteiger partial charge on any atom is -0.391 e. The third-order valence-corrected chi connectivity index (χ3v) is 4.50. The first-order chi connectivity index (χ1) is 10.1. The first-order valence-corrected chi connectivity index (χ1v) is 7.74. The Morgan fingerprint density at radius 2 is 2.00 bits per heavy atom. The lowest BCUT2D eigenvalue weighted by Gasteiger charge is -2.15. The fourth-order valence-corrected chi connectivity index (χ4v) is 3.24. The van der Waals surface area contributed by atoms with Crippen LogP contribution in [0.25, 0.3) is 0 Å². The van der Waals surface area contributed by atoms with Crippen LogP contribution in [-0.4, -0.2) is 40.9 Å². The molecule has 0 spiro atoms. The number of ketones is 1. The lowest BCUT2D eigenvalue weighted by atomic mass is 10.0. The molecular weight excluding hydrogens is 266 g/mol. The number of aryl methyl sites for hydroxylation is 2. The normalized spacial score (nSPS) is 20.6. The molecule has 2 aliphatic rings.